The van der Waals surface area contributed by atoms with Crippen molar-refractivity contribution in [1.82, 2.24) is 0 Å². The van der Waals surface area contributed by atoms with Crippen molar-refractivity contribution >= 4 is 66.7 Å². The molecule has 10 heterocycles. The van der Waals surface area contributed by atoms with E-state index in [9.17, 15) is 0 Å². The smallest absolute Gasteiger partial charge is 0.0187 e. The molecule has 0 aromatic heterocycles. The second-order valence-electron chi connectivity index (χ2n) is 6.42. The third-order valence-corrected chi connectivity index (χ3v) is 11.1. The Kier molecular flexibility index (Phi) is 7.00. The quantitative estimate of drug-likeness (QED) is 0.221. The largest absolute Gasteiger partial charge is 0.0901 e. The number of hydrogen-bond donors (Lipinski definition) is 0. The van der Waals surface area contributed by atoms with Crippen LogP contribution in [0.3, 0.4) is 0 Å². The molecule has 0 amide bonds. The van der Waals surface area contributed by atoms with Gasteiger partial charge in [0.1, 0.15) is 0 Å². The lowest BCUT2D eigenvalue weighted by Gasteiger charge is -2.07. The maximum atomic E-state index is 2.21. The van der Waals surface area contributed by atoms with Gasteiger partial charge in [0.2, 0.25) is 0 Å². The van der Waals surface area contributed by atoms with Crippen LogP contribution in [0.5, 0.6) is 0 Å². The van der Waals surface area contributed by atoms with Gasteiger partial charge in [-0.05, 0) is 97.1 Å². The number of benzene rings is 4. The van der Waals surface area contributed by atoms with Gasteiger partial charge in [-0.3, -0.25) is 0 Å². The first-order chi connectivity index (χ1) is 14.8. The molecule has 0 fully saturated rings. The molecule has 0 saturated heterocycles. The highest BCUT2D eigenvalue weighted by atomic mass is 33.1. The molecule has 6 heteroatoms. The van der Waals surface area contributed by atoms with Gasteiger partial charge in [0.05, 0.1) is 0 Å². The molecule has 0 nitrogen and oxygen atoms in total. The first-order valence-electron chi connectivity index (χ1n) is 9.25. The SMILES string of the molecule is c1cc2ccc1SSc1ccc(cc1)Sc1ccc(cc1)SSc1ccc(cc1)S2. The van der Waals surface area contributed by atoms with E-state index in [2.05, 4.69) is 97.1 Å². The van der Waals surface area contributed by atoms with E-state index in [1.165, 1.54) is 39.2 Å². The van der Waals surface area contributed by atoms with Crippen LogP contribution in [0, 0.1) is 0 Å². The molecule has 0 spiro atoms. The third kappa shape index (κ3) is 5.61. The zero-order chi connectivity index (χ0) is 20.2. The highest BCUT2D eigenvalue weighted by Gasteiger charge is 2.05. The van der Waals surface area contributed by atoms with Gasteiger partial charge in [0, 0.05) is 39.2 Å². The maximum Gasteiger partial charge on any atom is 0.0187 e. The van der Waals surface area contributed by atoms with Gasteiger partial charge in [-0.2, -0.15) is 0 Å². The molecule has 8 bridgehead atoms. The molecular formula is C24H16S6. The first-order valence-corrected chi connectivity index (χ1v) is 15.2. The molecule has 0 aliphatic carbocycles. The average Bonchev–Trinajstić information content (AvgIpc) is 2.80. The molecule has 10 aliphatic rings. The van der Waals surface area contributed by atoms with Gasteiger partial charge in [-0.1, -0.05) is 66.7 Å². The molecule has 0 N–H and O–H groups in total. The van der Waals surface area contributed by atoms with E-state index >= 15 is 0 Å². The van der Waals surface area contributed by atoms with Crippen LogP contribution < -0.4 is 0 Å². The van der Waals surface area contributed by atoms with Crippen LogP contribution in [0.1, 0.15) is 0 Å². The Balaban J connectivity index is 1.41. The summed E-state index contributed by atoms with van der Waals surface area (Å²) in [5.74, 6) is 0. The molecule has 14 rings (SSSR count). The van der Waals surface area contributed by atoms with Crippen LogP contribution in [0.2, 0.25) is 0 Å². The molecule has 0 saturated carbocycles. The van der Waals surface area contributed by atoms with Crippen LogP contribution in [0.4, 0.5) is 0 Å². The predicted octanol–water partition coefficient (Wildman–Crippen LogP) is 9.90. The van der Waals surface area contributed by atoms with E-state index in [-0.39, 0.29) is 0 Å². The summed E-state index contributed by atoms with van der Waals surface area (Å²) >= 11 is 3.61. The summed E-state index contributed by atoms with van der Waals surface area (Å²) in [6.45, 7) is 0. The van der Waals surface area contributed by atoms with Crippen LogP contribution >= 0.6 is 66.7 Å². The Labute approximate surface area is 201 Å². The van der Waals surface area contributed by atoms with Gasteiger partial charge in [-0.15, -0.1) is 0 Å². The Hall–Kier alpha value is -1.02. The summed E-state index contributed by atoms with van der Waals surface area (Å²) < 4.78 is 0. The van der Waals surface area contributed by atoms with Crippen molar-refractivity contribution in [3.8, 4) is 0 Å². The first kappa shape index (κ1) is 20.9. The fourth-order valence-electron chi connectivity index (χ4n) is 2.72. The Bertz CT molecular complexity index is 920. The van der Waals surface area contributed by atoms with Crippen molar-refractivity contribution in [2.24, 2.45) is 0 Å². The lowest BCUT2D eigenvalue weighted by Crippen LogP contribution is -1.77. The van der Waals surface area contributed by atoms with Crippen molar-refractivity contribution in [1.29, 1.82) is 0 Å². The van der Waals surface area contributed by atoms with E-state index < -0.39 is 0 Å². The monoisotopic (exact) mass is 496 g/mol. The van der Waals surface area contributed by atoms with Crippen LogP contribution in [0.15, 0.2) is 136 Å². The van der Waals surface area contributed by atoms with Gasteiger partial charge in [-0.25, -0.2) is 0 Å². The summed E-state index contributed by atoms with van der Waals surface area (Å²) in [6.07, 6.45) is 0. The summed E-state index contributed by atoms with van der Waals surface area (Å²) in [5.41, 5.74) is 0. The minimum Gasteiger partial charge on any atom is -0.0901 e. The molecule has 30 heavy (non-hydrogen) atoms. The standard InChI is InChI=1S/C24H16S6/c1-9-21-10-2-17(1)25-18-3-11-23(12-4-18)29-30-24-15-7-20(8-16-24)26-19-5-13-22(14-6-19)28-27-21/h1-16H. The normalized spacial score (nSPS) is 13.9. The van der Waals surface area contributed by atoms with Gasteiger partial charge < -0.3 is 0 Å². The van der Waals surface area contributed by atoms with Crippen LogP contribution in [0.25, 0.3) is 0 Å². The molecule has 4 aromatic rings. The molecule has 148 valence electrons. The fraction of sp³-hybridized carbons (Fsp3) is 0. The Morgan fingerprint density at radius 3 is 0.600 bits per heavy atom. The molecule has 0 atom stereocenters. The summed E-state index contributed by atoms with van der Waals surface area (Å²) in [7, 11) is 7.22. The number of hydrogen-bond acceptors (Lipinski definition) is 6. The van der Waals surface area contributed by atoms with Crippen molar-refractivity contribution in [2.75, 3.05) is 0 Å². The molecular weight excluding hydrogens is 481 g/mol. The van der Waals surface area contributed by atoms with Crippen LogP contribution in [-0.4, -0.2) is 0 Å². The lowest BCUT2D eigenvalue weighted by atomic mass is 10.4. The minimum absolute atomic E-state index is 1.27. The summed E-state index contributed by atoms with van der Waals surface area (Å²) in [5, 5.41) is 0. The van der Waals surface area contributed by atoms with E-state index in [1.807, 2.05) is 23.5 Å². The fourth-order valence-corrected chi connectivity index (χ4v) is 8.21. The lowest BCUT2D eigenvalue weighted by molar-refractivity contribution is 1.32. The molecule has 10 aliphatic heterocycles. The third-order valence-electron chi connectivity index (χ3n) is 4.23. The Morgan fingerprint density at radius 1 is 0.233 bits per heavy atom. The topological polar surface area (TPSA) is 0 Å². The van der Waals surface area contributed by atoms with Crippen LogP contribution in [-0.2, 0) is 0 Å². The molecule has 4 aromatic carbocycles. The predicted molar refractivity (Wildman–Crippen MR) is 137 cm³/mol. The van der Waals surface area contributed by atoms with E-state index in [4.69, 9.17) is 0 Å². The van der Waals surface area contributed by atoms with Crippen molar-refractivity contribution in [3.05, 3.63) is 97.1 Å². The average molecular weight is 497 g/mol. The van der Waals surface area contributed by atoms with Gasteiger partial charge in [0.15, 0.2) is 0 Å². The second-order valence-corrected chi connectivity index (χ2v) is 13.3. The maximum absolute atomic E-state index is 2.21. The van der Waals surface area contributed by atoms with E-state index in [0.29, 0.717) is 0 Å². The number of rotatable bonds is 0. The summed E-state index contributed by atoms with van der Waals surface area (Å²) in [6, 6.07) is 35.3. The zero-order valence-corrected chi connectivity index (χ0v) is 20.6. The zero-order valence-electron chi connectivity index (χ0n) is 15.7. The Morgan fingerprint density at radius 2 is 0.400 bits per heavy atom. The van der Waals surface area contributed by atoms with Gasteiger partial charge in [0.25, 0.3) is 0 Å². The highest BCUT2D eigenvalue weighted by Crippen LogP contribution is 2.42. The van der Waals surface area contributed by atoms with Crippen molar-refractivity contribution in [2.45, 2.75) is 39.2 Å². The van der Waals surface area contributed by atoms with Crippen molar-refractivity contribution in [3.63, 3.8) is 0 Å². The van der Waals surface area contributed by atoms with E-state index in [1.54, 1.807) is 43.2 Å². The van der Waals surface area contributed by atoms with Gasteiger partial charge >= 0.3 is 0 Å². The second kappa shape index (κ2) is 10.1. The molecule has 0 unspecified atom stereocenters. The van der Waals surface area contributed by atoms with E-state index in [0.717, 1.165) is 0 Å². The highest BCUT2D eigenvalue weighted by molar-refractivity contribution is 8.77. The minimum atomic E-state index is 1.27. The summed E-state index contributed by atoms with van der Waals surface area (Å²) in [4.78, 5) is 10.2. The van der Waals surface area contributed by atoms with Crippen molar-refractivity contribution < 1.29 is 0 Å². The molecule has 0 radical (unpaired) electrons.